The first-order valence-corrected chi connectivity index (χ1v) is 6.24. The summed E-state index contributed by atoms with van der Waals surface area (Å²) in [5.74, 6) is 1.27. The van der Waals surface area contributed by atoms with Crippen molar-refractivity contribution in [3.05, 3.63) is 52.2 Å². The molecule has 1 N–H and O–H groups in total. The third-order valence-corrected chi connectivity index (χ3v) is 3.13. The first kappa shape index (κ1) is 12.7. The van der Waals surface area contributed by atoms with Crippen LogP contribution in [0.25, 0.3) is 0 Å². The molecule has 0 spiro atoms. The van der Waals surface area contributed by atoms with Crippen LogP contribution in [-0.2, 0) is 6.54 Å². The first-order chi connectivity index (χ1) is 9.63. The summed E-state index contributed by atoms with van der Waals surface area (Å²) in [5.41, 5.74) is 1.15. The lowest BCUT2D eigenvalue weighted by atomic mass is 10.1. The average molecular weight is 274 g/mol. The van der Waals surface area contributed by atoms with E-state index in [0.29, 0.717) is 17.1 Å². The lowest BCUT2D eigenvalue weighted by Gasteiger charge is -2.13. The van der Waals surface area contributed by atoms with E-state index in [9.17, 15) is 9.90 Å². The molecule has 0 fully saturated rings. The van der Waals surface area contributed by atoms with E-state index in [4.69, 9.17) is 9.47 Å². The zero-order chi connectivity index (χ0) is 14.1. The average Bonchev–Trinajstić information content (AvgIpc) is 2.90. The SMILES string of the molecule is Cc1cnc(=O)n(CC(O)c2ccc3c(c2)OCO3)c1. The highest BCUT2D eigenvalue weighted by atomic mass is 16.7. The van der Waals surface area contributed by atoms with Crippen molar-refractivity contribution in [1.29, 1.82) is 0 Å². The fourth-order valence-electron chi connectivity index (χ4n) is 2.11. The molecule has 0 aliphatic carbocycles. The molecular formula is C14H14N2O4. The molecule has 0 amide bonds. The lowest BCUT2D eigenvalue weighted by Crippen LogP contribution is -2.25. The third kappa shape index (κ3) is 2.37. The molecule has 1 aliphatic rings. The molecule has 6 nitrogen and oxygen atoms in total. The molecule has 1 aromatic heterocycles. The lowest BCUT2D eigenvalue weighted by molar-refractivity contribution is 0.153. The van der Waals surface area contributed by atoms with E-state index in [1.807, 2.05) is 6.92 Å². The number of aliphatic hydroxyl groups excluding tert-OH is 1. The molecule has 20 heavy (non-hydrogen) atoms. The van der Waals surface area contributed by atoms with Crippen LogP contribution in [0.2, 0.25) is 0 Å². The molecule has 2 aromatic rings. The minimum Gasteiger partial charge on any atom is -0.454 e. The molecule has 0 radical (unpaired) electrons. The third-order valence-electron chi connectivity index (χ3n) is 3.13. The normalized spacial score (nSPS) is 14.3. The Morgan fingerprint density at radius 3 is 3.05 bits per heavy atom. The molecule has 104 valence electrons. The topological polar surface area (TPSA) is 73.6 Å². The monoisotopic (exact) mass is 274 g/mol. The quantitative estimate of drug-likeness (QED) is 0.904. The van der Waals surface area contributed by atoms with Gasteiger partial charge in [0.15, 0.2) is 11.5 Å². The van der Waals surface area contributed by atoms with Crippen molar-refractivity contribution in [3.8, 4) is 11.5 Å². The van der Waals surface area contributed by atoms with Gasteiger partial charge in [0.2, 0.25) is 6.79 Å². The van der Waals surface area contributed by atoms with E-state index in [2.05, 4.69) is 4.98 Å². The van der Waals surface area contributed by atoms with E-state index in [0.717, 1.165) is 5.56 Å². The first-order valence-electron chi connectivity index (χ1n) is 6.24. The Kier molecular flexibility index (Phi) is 3.15. The van der Waals surface area contributed by atoms with Gasteiger partial charge in [-0.1, -0.05) is 6.07 Å². The summed E-state index contributed by atoms with van der Waals surface area (Å²) < 4.78 is 11.9. The van der Waals surface area contributed by atoms with E-state index in [1.54, 1.807) is 24.4 Å². The molecule has 6 heteroatoms. The van der Waals surface area contributed by atoms with Gasteiger partial charge in [-0.2, -0.15) is 0 Å². The summed E-state index contributed by atoms with van der Waals surface area (Å²) >= 11 is 0. The smallest absolute Gasteiger partial charge is 0.347 e. The van der Waals surface area contributed by atoms with E-state index < -0.39 is 6.10 Å². The van der Waals surface area contributed by atoms with Crippen LogP contribution < -0.4 is 15.2 Å². The molecular weight excluding hydrogens is 260 g/mol. The number of aliphatic hydroxyl groups is 1. The van der Waals surface area contributed by atoms with Gasteiger partial charge in [0.05, 0.1) is 12.6 Å². The number of aryl methyl sites for hydroxylation is 1. The Morgan fingerprint density at radius 2 is 2.20 bits per heavy atom. The summed E-state index contributed by atoms with van der Waals surface area (Å²) in [4.78, 5) is 15.4. The van der Waals surface area contributed by atoms with Crippen molar-refractivity contribution < 1.29 is 14.6 Å². The molecule has 1 aliphatic heterocycles. The van der Waals surface area contributed by atoms with Crippen molar-refractivity contribution in [1.82, 2.24) is 9.55 Å². The summed E-state index contributed by atoms with van der Waals surface area (Å²) in [5, 5.41) is 10.2. The molecule has 0 saturated carbocycles. The van der Waals surface area contributed by atoms with Crippen molar-refractivity contribution in [3.63, 3.8) is 0 Å². The zero-order valence-electron chi connectivity index (χ0n) is 10.9. The second-order valence-electron chi connectivity index (χ2n) is 4.69. The number of benzene rings is 1. The van der Waals surface area contributed by atoms with Crippen LogP contribution in [0.5, 0.6) is 11.5 Å². The Hall–Kier alpha value is -2.34. The van der Waals surface area contributed by atoms with E-state index in [1.165, 1.54) is 10.8 Å². The highest BCUT2D eigenvalue weighted by Crippen LogP contribution is 2.34. The molecule has 1 unspecified atom stereocenters. The minimum atomic E-state index is -0.814. The van der Waals surface area contributed by atoms with Crippen molar-refractivity contribution in [2.45, 2.75) is 19.6 Å². The van der Waals surface area contributed by atoms with Crippen LogP contribution in [0.1, 0.15) is 17.2 Å². The van der Waals surface area contributed by atoms with E-state index in [-0.39, 0.29) is 19.0 Å². The number of hydrogen-bond donors (Lipinski definition) is 1. The maximum Gasteiger partial charge on any atom is 0.347 e. The highest BCUT2D eigenvalue weighted by Gasteiger charge is 2.17. The summed E-state index contributed by atoms with van der Waals surface area (Å²) in [6.07, 6.45) is 2.36. The summed E-state index contributed by atoms with van der Waals surface area (Å²) in [6, 6.07) is 5.23. The highest BCUT2D eigenvalue weighted by molar-refractivity contribution is 5.45. The second kappa shape index (κ2) is 4.97. The Bertz CT molecular complexity index is 696. The van der Waals surface area contributed by atoms with Gasteiger partial charge < -0.3 is 14.6 Å². The van der Waals surface area contributed by atoms with Gasteiger partial charge in [-0.05, 0) is 30.2 Å². The van der Waals surface area contributed by atoms with Crippen molar-refractivity contribution in [2.75, 3.05) is 6.79 Å². The Morgan fingerprint density at radius 1 is 1.40 bits per heavy atom. The Balaban J connectivity index is 1.84. The number of nitrogens with zero attached hydrogens (tertiary/aromatic N) is 2. The van der Waals surface area contributed by atoms with Gasteiger partial charge in [-0.15, -0.1) is 0 Å². The standard InChI is InChI=1S/C14H14N2O4/c1-9-5-15-14(18)16(6-9)7-11(17)10-2-3-12-13(4-10)20-8-19-12/h2-6,11,17H,7-8H2,1H3. The molecule has 0 saturated heterocycles. The maximum absolute atomic E-state index is 11.6. The summed E-state index contributed by atoms with van der Waals surface area (Å²) in [6.45, 7) is 2.18. The largest absolute Gasteiger partial charge is 0.454 e. The van der Waals surface area contributed by atoms with Gasteiger partial charge in [0.25, 0.3) is 0 Å². The van der Waals surface area contributed by atoms with Crippen LogP contribution in [0.15, 0.2) is 35.4 Å². The van der Waals surface area contributed by atoms with Crippen molar-refractivity contribution >= 4 is 0 Å². The van der Waals surface area contributed by atoms with Gasteiger partial charge in [-0.25, -0.2) is 9.78 Å². The zero-order valence-corrected chi connectivity index (χ0v) is 10.9. The van der Waals surface area contributed by atoms with Gasteiger partial charge in [-0.3, -0.25) is 4.57 Å². The van der Waals surface area contributed by atoms with Crippen LogP contribution in [-0.4, -0.2) is 21.5 Å². The van der Waals surface area contributed by atoms with Crippen molar-refractivity contribution in [2.24, 2.45) is 0 Å². The number of aromatic nitrogens is 2. The molecule has 2 heterocycles. The second-order valence-corrected chi connectivity index (χ2v) is 4.69. The van der Waals surface area contributed by atoms with Gasteiger partial charge in [0.1, 0.15) is 0 Å². The fourth-order valence-corrected chi connectivity index (χ4v) is 2.11. The summed E-state index contributed by atoms with van der Waals surface area (Å²) in [7, 11) is 0. The molecule has 3 rings (SSSR count). The number of fused-ring (bicyclic) bond motifs is 1. The predicted molar refractivity (Wildman–Crippen MR) is 70.8 cm³/mol. The molecule has 1 atom stereocenters. The van der Waals surface area contributed by atoms with Crippen LogP contribution in [0.3, 0.4) is 0 Å². The fraction of sp³-hybridized carbons (Fsp3) is 0.286. The van der Waals surface area contributed by atoms with Crippen LogP contribution in [0, 0.1) is 6.92 Å². The maximum atomic E-state index is 11.6. The van der Waals surface area contributed by atoms with Gasteiger partial charge >= 0.3 is 5.69 Å². The minimum absolute atomic E-state index is 0.146. The number of hydrogen-bond acceptors (Lipinski definition) is 5. The van der Waals surface area contributed by atoms with E-state index >= 15 is 0 Å². The molecule has 0 bridgehead atoms. The molecule has 1 aromatic carbocycles. The Labute approximate surface area is 115 Å². The van der Waals surface area contributed by atoms with Crippen LogP contribution in [0.4, 0.5) is 0 Å². The number of rotatable bonds is 3. The predicted octanol–water partition coefficient (Wildman–Crippen LogP) is 1.01. The van der Waals surface area contributed by atoms with Crippen LogP contribution >= 0.6 is 0 Å². The van der Waals surface area contributed by atoms with Gasteiger partial charge in [0, 0.05) is 12.4 Å². The number of ether oxygens (including phenoxy) is 2.